The van der Waals surface area contributed by atoms with Crippen LogP contribution >= 0.6 is 12.2 Å². The topological polar surface area (TPSA) is 26.0 Å². The third kappa shape index (κ3) is 3.09. The molecule has 1 aromatic heterocycles. The van der Waals surface area contributed by atoms with Crippen molar-refractivity contribution in [2.24, 2.45) is 5.92 Å². The van der Waals surface area contributed by atoms with Crippen molar-refractivity contribution >= 4 is 12.2 Å². The lowest BCUT2D eigenvalue weighted by atomic mass is 10.00. The van der Waals surface area contributed by atoms with E-state index < -0.39 is 0 Å². The second-order valence-corrected chi connectivity index (χ2v) is 6.38. The minimum atomic E-state index is 0.767. The van der Waals surface area contributed by atoms with E-state index in [2.05, 4.69) is 36.0 Å². The molecule has 1 aliphatic rings. The number of piperidine rings is 1. The molecule has 2 heterocycles. The highest BCUT2D eigenvalue weighted by molar-refractivity contribution is 7.71. The normalized spacial score (nSPS) is 17.2. The van der Waals surface area contributed by atoms with Gasteiger partial charge in [-0.3, -0.25) is 9.47 Å². The van der Waals surface area contributed by atoms with Crippen molar-refractivity contribution < 1.29 is 0 Å². The van der Waals surface area contributed by atoms with Crippen LogP contribution in [0.4, 0.5) is 0 Å². The van der Waals surface area contributed by atoms with Gasteiger partial charge in [-0.25, -0.2) is 4.68 Å². The van der Waals surface area contributed by atoms with Gasteiger partial charge in [-0.15, -0.1) is 0 Å². The largest absolute Gasteiger partial charge is 0.284 e. The first-order chi connectivity index (χ1) is 10.1. The van der Waals surface area contributed by atoms with Crippen LogP contribution < -0.4 is 0 Å². The molecule has 1 fully saturated rings. The maximum absolute atomic E-state index is 5.60. The fourth-order valence-corrected chi connectivity index (χ4v) is 3.08. The summed E-state index contributed by atoms with van der Waals surface area (Å²) in [6.45, 7) is 7.50. The standard InChI is InChI=1S/C16H22N4S/c1-13-7-9-18(10-8-13)12-20-16(21)19(11-17-20)15-6-4-3-5-14(15)2/h3-6,11,13H,7-10,12H2,1-2H3. The Balaban J connectivity index is 1.80. The summed E-state index contributed by atoms with van der Waals surface area (Å²) < 4.78 is 4.69. The molecule has 21 heavy (non-hydrogen) atoms. The number of rotatable bonds is 3. The number of aryl methyl sites for hydroxylation is 1. The van der Waals surface area contributed by atoms with E-state index in [0.29, 0.717) is 0 Å². The molecule has 3 rings (SSSR count). The Labute approximate surface area is 131 Å². The van der Waals surface area contributed by atoms with E-state index in [9.17, 15) is 0 Å². The summed E-state index contributed by atoms with van der Waals surface area (Å²) >= 11 is 5.60. The SMILES string of the molecule is Cc1ccccc1-n1cnn(CN2CCC(C)CC2)c1=S. The van der Waals surface area contributed by atoms with Crippen molar-refractivity contribution in [3.05, 3.63) is 40.9 Å². The van der Waals surface area contributed by atoms with E-state index in [1.54, 1.807) is 0 Å². The molecule has 1 aliphatic heterocycles. The number of hydrogen-bond acceptors (Lipinski definition) is 3. The molecule has 0 saturated carbocycles. The van der Waals surface area contributed by atoms with Crippen LogP contribution in [0.5, 0.6) is 0 Å². The highest BCUT2D eigenvalue weighted by atomic mass is 32.1. The number of nitrogens with zero attached hydrogens (tertiary/aromatic N) is 4. The summed E-state index contributed by atoms with van der Waals surface area (Å²) in [4.78, 5) is 2.44. The first-order valence-electron chi connectivity index (χ1n) is 7.58. The molecule has 5 heteroatoms. The number of benzene rings is 1. The van der Waals surface area contributed by atoms with E-state index in [-0.39, 0.29) is 0 Å². The number of aromatic nitrogens is 3. The second kappa shape index (κ2) is 6.12. The van der Waals surface area contributed by atoms with Crippen molar-refractivity contribution in [3.8, 4) is 5.69 Å². The smallest absolute Gasteiger partial charge is 0.203 e. The molecule has 0 N–H and O–H groups in total. The van der Waals surface area contributed by atoms with Crippen molar-refractivity contribution in [1.82, 2.24) is 19.2 Å². The Morgan fingerprint density at radius 2 is 1.95 bits per heavy atom. The zero-order valence-electron chi connectivity index (χ0n) is 12.7. The van der Waals surface area contributed by atoms with Gasteiger partial charge in [0.2, 0.25) is 4.77 Å². The summed E-state index contributed by atoms with van der Waals surface area (Å²) in [5, 5.41) is 4.48. The fourth-order valence-electron chi connectivity index (χ4n) is 2.83. The van der Waals surface area contributed by atoms with E-state index in [1.807, 2.05) is 27.7 Å². The van der Waals surface area contributed by atoms with E-state index >= 15 is 0 Å². The monoisotopic (exact) mass is 302 g/mol. The van der Waals surface area contributed by atoms with Crippen LogP contribution in [0.1, 0.15) is 25.3 Å². The third-order valence-electron chi connectivity index (χ3n) is 4.32. The maximum atomic E-state index is 5.60. The first-order valence-corrected chi connectivity index (χ1v) is 7.99. The quantitative estimate of drug-likeness (QED) is 0.813. The van der Waals surface area contributed by atoms with Crippen molar-refractivity contribution in [3.63, 3.8) is 0 Å². The highest BCUT2D eigenvalue weighted by Crippen LogP contribution is 2.17. The van der Waals surface area contributed by atoms with Crippen LogP contribution in [0, 0.1) is 17.6 Å². The Morgan fingerprint density at radius 1 is 1.24 bits per heavy atom. The summed E-state index contributed by atoms with van der Waals surface area (Å²) in [7, 11) is 0. The molecule has 4 nitrogen and oxygen atoms in total. The van der Waals surface area contributed by atoms with Crippen LogP contribution in [0.25, 0.3) is 5.69 Å². The van der Waals surface area contributed by atoms with Crippen LogP contribution in [0.2, 0.25) is 0 Å². The van der Waals surface area contributed by atoms with Crippen molar-refractivity contribution in [1.29, 1.82) is 0 Å². The predicted octanol–water partition coefficient (Wildman–Crippen LogP) is 3.40. The Hall–Kier alpha value is -1.46. The maximum Gasteiger partial charge on any atom is 0.203 e. The summed E-state index contributed by atoms with van der Waals surface area (Å²) in [6, 6.07) is 8.26. The van der Waals surface area contributed by atoms with Gasteiger partial charge in [0.15, 0.2) is 0 Å². The predicted molar refractivity (Wildman–Crippen MR) is 87.1 cm³/mol. The van der Waals surface area contributed by atoms with E-state index in [0.717, 1.165) is 36.1 Å². The molecule has 0 atom stereocenters. The minimum absolute atomic E-state index is 0.767. The molecule has 0 radical (unpaired) electrons. The lowest BCUT2D eigenvalue weighted by Gasteiger charge is -2.29. The molecule has 0 spiro atoms. The summed E-state index contributed by atoms with van der Waals surface area (Å²) in [6.07, 6.45) is 4.37. The molecule has 0 bridgehead atoms. The average Bonchev–Trinajstić information content (AvgIpc) is 2.83. The van der Waals surface area contributed by atoms with Gasteiger partial charge < -0.3 is 0 Å². The second-order valence-electron chi connectivity index (χ2n) is 6.01. The van der Waals surface area contributed by atoms with Crippen LogP contribution in [-0.2, 0) is 6.67 Å². The summed E-state index contributed by atoms with van der Waals surface area (Å²) in [5.41, 5.74) is 2.32. The van der Waals surface area contributed by atoms with Gasteiger partial charge in [0.25, 0.3) is 0 Å². The molecule has 0 amide bonds. The lowest BCUT2D eigenvalue weighted by Crippen LogP contribution is -2.34. The number of para-hydroxylation sites is 1. The van der Waals surface area contributed by atoms with E-state index in [4.69, 9.17) is 12.2 Å². The van der Waals surface area contributed by atoms with Crippen LogP contribution in [-0.4, -0.2) is 32.3 Å². The van der Waals surface area contributed by atoms with Crippen molar-refractivity contribution in [2.45, 2.75) is 33.4 Å². The van der Waals surface area contributed by atoms with Gasteiger partial charge in [0, 0.05) is 13.1 Å². The van der Waals surface area contributed by atoms with Gasteiger partial charge in [-0.1, -0.05) is 25.1 Å². The molecule has 1 aromatic carbocycles. The highest BCUT2D eigenvalue weighted by Gasteiger charge is 2.16. The van der Waals surface area contributed by atoms with Gasteiger partial charge >= 0.3 is 0 Å². The molecule has 112 valence electrons. The minimum Gasteiger partial charge on any atom is -0.284 e. The molecular formula is C16H22N4S. The third-order valence-corrected chi connectivity index (χ3v) is 4.73. The fraction of sp³-hybridized carbons (Fsp3) is 0.500. The van der Waals surface area contributed by atoms with Gasteiger partial charge in [-0.2, -0.15) is 5.10 Å². The molecular weight excluding hydrogens is 280 g/mol. The Bertz CT molecular complexity index is 665. The number of hydrogen-bond donors (Lipinski definition) is 0. The zero-order valence-corrected chi connectivity index (χ0v) is 13.5. The first kappa shape index (κ1) is 14.5. The van der Waals surface area contributed by atoms with Crippen LogP contribution in [0.15, 0.2) is 30.6 Å². The van der Waals surface area contributed by atoms with Crippen LogP contribution in [0.3, 0.4) is 0 Å². The van der Waals surface area contributed by atoms with Gasteiger partial charge in [-0.05, 0) is 49.5 Å². The lowest BCUT2D eigenvalue weighted by molar-refractivity contribution is 0.146. The van der Waals surface area contributed by atoms with Gasteiger partial charge in [0.1, 0.15) is 6.33 Å². The Morgan fingerprint density at radius 3 is 2.67 bits per heavy atom. The zero-order chi connectivity index (χ0) is 14.8. The molecule has 2 aromatic rings. The summed E-state index contributed by atoms with van der Waals surface area (Å²) in [5.74, 6) is 0.846. The number of likely N-dealkylation sites (tertiary alicyclic amines) is 1. The Kier molecular flexibility index (Phi) is 4.22. The molecule has 0 unspecified atom stereocenters. The molecule has 1 saturated heterocycles. The van der Waals surface area contributed by atoms with Gasteiger partial charge in [0.05, 0.1) is 12.4 Å². The molecule has 0 aliphatic carbocycles. The van der Waals surface area contributed by atoms with E-state index in [1.165, 1.54) is 18.4 Å². The van der Waals surface area contributed by atoms with Crippen molar-refractivity contribution in [2.75, 3.05) is 13.1 Å². The average molecular weight is 302 g/mol.